The van der Waals surface area contributed by atoms with Crippen LogP contribution in [0.4, 0.5) is 0 Å². The molecule has 0 saturated heterocycles. The zero-order valence-electron chi connectivity index (χ0n) is 16.0. The van der Waals surface area contributed by atoms with E-state index >= 15 is 0 Å². The van der Waals surface area contributed by atoms with Crippen LogP contribution in [-0.4, -0.2) is 17.4 Å². The van der Waals surface area contributed by atoms with Gasteiger partial charge in [0.2, 0.25) is 0 Å². The average Bonchev–Trinajstić information content (AvgIpc) is 3.24. The van der Waals surface area contributed by atoms with Crippen molar-refractivity contribution in [3.63, 3.8) is 0 Å². The molecule has 142 valence electrons. The van der Waals surface area contributed by atoms with Gasteiger partial charge in [0.25, 0.3) is 5.91 Å². The molecule has 0 radical (unpaired) electrons. The van der Waals surface area contributed by atoms with Gasteiger partial charge in [-0.25, -0.2) is 4.98 Å². The topological polar surface area (TPSA) is 42.0 Å². The molecule has 0 unspecified atom stereocenters. The first-order chi connectivity index (χ1) is 13.3. The maximum Gasteiger partial charge on any atom is 0.252 e. The minimum absolute atomic E-state index is 0.00242. The molecule has 0 atom stereocenters. The van der Waals surface area contributed by atoms with E-state index in [-0.39, 0.29) is 5.91 Å². The third-order valence-corrected chi connectivity index (χ3v) is 5.69. The molecule has 0 aliphatic heterocycles. The molecule has 0 saturated carbocycles. The van der Waals surface area contributed by atoms with Crippen LogP contribution in [-0.2, 0) is 0 Å². The lowest BCUT2D eigenvalue weighted by Crippen LogP contribution is -2.24. The van der Waals surface area contributed by atoms with Crippen LogP contribution in [0.5, 0.6) is 0 Å². The Labute approximate surface area is 165 Å². The minimum Gasteiger partial charge on any atom is -0.352 e. The molecule has 0 aliphatic rings. The Morgan fingerprint density at radius 1 is 1.00 bits per heavy atom. The summed E-state index contributed by atoms with van der Waals surface area (Å²) in [6.07, 6.45) is 8.73. The Hall–Kier alpha value is -2.20. The van der Waals surface area contributed by atoms with Crippen molar-refractivity contribution in [2.45, 2.75) is 51.9 Å². The van der Waals surface area contributed by atoms with E-state index in [2.05, 4.69) is 12.2 Å². The minimum atomic E-state index is -0.00242. The molecule has 1 N–H and O–H groups in total. The van der Waals surface area contributed by atoms with E-state index in [0.29, 0.717) is 5.56 Å². The van der Waals surface area contributed by atoms with Crippen molar-refractivity contribution in [1.82, 2.24) is 10.3 Å². The smallest absolute Gasteiger partial charge is 0.252 e. The van der Waals surface area contributed by atoms with Gasteiger partial charge in [0.15, 0.2) is 0 Å². The van der Waals surface area contributed by atoms with Gasteiger partial charge in [-0.05, 0) is 30.0 Å². The van der Waals surface area contributed by atoms with Gasteiger partial charge in [0.1, 0.15) is 0 Å². The lowest BCUT2D eigenvalue weighted by molar-refractivity contribution is 0.0954. The highest BCUT2D eigenvalue weighted by Crippen LogP contribution is 2.27. The third-order valence-electron chi connectivity index (χ3n) is 4.80. The number of carbonyl (C=O) groups is 1. The fourth-order valence-corrected chi connectivity index (χ4v) is 3.98. The number of nitrogens with zero attached hydrogens (tertiary/aromatic N) is 1. The summed E-state index contributed by atoms with van der Waals surface area (Å²) in [6, 6.07) is 13.9. The molecule has 4 heteroatoms. The summed E-state index contributed by atoms with van der Waals surface area (Å²) in [6.45, 7) is 2.97. The monoisotopic (exact) mass is 380 g/mol. The summed E-state index contributed by atoms with van der Waals surface area (Å²) in [7, 11) is 0. The molecule has 3 rings (SSSR count). The SMILES string of the molecule is CCCCCCCCCNC(=O)c1cc(-c2cccs2)nc2ccccc12. The summed E-state index contributed by atoms with van der Waals surface area (Å²) in [5.74, 6) is -0.00242. The molecular formula is C23H28N2OS. The van der Waals surface area contributed by atoms with Gasteiger partial charge >= 0.3 is 0 Å². The standard InChI is InChI=1S/C23H28N2OS/c1-2-3-4-5-6-7-10-15-24-23(26)19-17-21(22-14-11-16-27-22)25-20-13-9-8-12-18(19)20/h8-9,11-14,16-17H,2-7,10,15H2,1H3,(H,24,26). The summed E-state index contributed by atoms with van der Waals surface area (Å²) in [4.78, 5) is 18.6. The molecule has 27 heavy (non-hydrogen) atoms. The Morgan fingerprint density at radius 3 is 2.56 bits per heavy atom. The largest absolute Gasteiger partial charge is 0.352 e. The predicted octanol–water partition coefficient (Wildman–Crippen LogP) is 6.44. The molecule has 0 aliphatic carbocycles. The highest BCUT2D eigenvalue weighted by molar-refractivity contribution is 7.13. The number of carbonyl (C=O) groups excluding carboxylic acids is 1. The molecule has 2 aromatic heterocycles. The van der Waals surface area contributed by atoms with Gasteiger partial charge in [0.05, 0.1) is 21.7 Å². The number of aromatic nitrogens is 1. The van der Waals surface area contributed by atoms with E-state index in [1.54, 1.807) is 11.3 Å². The number of amides is 1. The van der Waals surface area contributed by atoms with E-state index in [4.69, 9.17) is 4.98 Å². The van der Waals surface area contributed by atoms with E-state index in [9.17, 15) is 4.79 Å². The molecule has 3 nitrogen and oxygen atoms in total. The Morgan fingerprint density at radius 2 is 1.78 bits per heavy atom. The van der Waals surface area contributed by atoms with Crippen LogP contribution in [0.1, 0.15) is 62.2 Å². The molecule has 0 spiro atoms. The molecule has 1 aromatic carbocycles. The van der Waals surface area contributed by atoms with Crippen molar-refractivity contribution in [3.05, 3.63) is 53.4 Å². The van der Waals surface area contributed by atoms with Crippen molar-refractivity contribution in [2.24, 2.45) is 0 Å². The normalized spacial score (nSPS) is 11.0. The average molecular weight is 381 g/mol. The summed E-state index contributed by atoms with van der Waals surface area (Å²) in [5.41, 5.74) is 2.45. The predicted molar refractivity (Wildman–Crippen MR) is 115 cm³/mol. The zero-order chi connectivity index (χ0) is 18.9. The number of hydrogen-bond acceptors (Lipinski definition) is 3. The highest BCUT2D eigenvalue weighted by atomic mass is 32.1. The second-order valence-electron chi connectivity index (χ2n) is 6.93. The van der Waals surface area contributed by atoms with Crippen LogP contribution in [0.3, 0.4) is 0 Å². The van der Waals surface area contributed by atoms with E-state index < -0.39 is 0 Å². The van der Waals surface area contributed by atoms with Gasteiger partial charge in [0, 0.05) is 11.9 Å². The second-order valence-corrected chi connectivity index (χ2v) is 7.87. The third kappa shape index (κ3) is 5.39. The van der Waals surface area contributed by atoms with Gasteiger partial charge in [-0.3, -0.25) is 4.79 Å². The number of thiophene rings is 1. The van der Waals surface area contributed by atoms with Gasteiger partial charge in [-0.2, -0.15) is 0 Å². The number of unbranched alkanes of at least 4 members (excludes halogenated alkanes) is 6. The summed E-state index contributed by atoms with van der Waals surface area (Å²) < 4.78 is 0. The summed E-state index contributed by atoms with van der Waals surface area (Å²) in [5, 5.41) is 6.05. The Balaban J connectivity index is 1.63. The zero-order valence-corrected chi connectivity index (χ0v) is 16.9. The fraction of sp³-hybridized carbons (Fsp3) is 0.391. The number of hydrogen-bond donors (Lipinski definition) is 1. The van der Waals surface area contributed by atoms with Crippen molar-refractivity contribution < 1.29 is 4.79 Å². The second kappa shape index (κ2) is 10.2. The van der Waals surface area contributed by atoms with Crippen LogP contribution >= 0.6 is 11.3 Å². The maximum absolute atomic E-state index is 12.8. The quantitative estimate of drug-likeness (QED) is 0.411. The number of pyridine rings is 1. The lowest BCUT2D eigenvalue weighted by Gasteiger charge is -2.10. The van der Waals surface area contributed by atoms with Crippen LogP contribution in [0.2, 0.25) is 0 Å². The fourth-order valence-electron chi connectivity index (χ4n) is 3.29. The van der Waals surface area contributed by atoms with Crippen molar-refractivity contribution in [3.8, 4) is 10.6 Å². The number of para-hydroxylation sites is 1. The van der Waals surface area contributed by atoms with Crippen molar-refractivity contribution >= 4 is 28.1 Å². The van der Waals surface area contributed by atoms with Gasteiger partial charge in [-0.15, -0.1) is 11.3 Å². The first-order valence-electron chi connectivity index (χ1n) is 10.0. The molecule has 1 amide bonds. The Kier molecular flexibility index (Phi) is 7.40. The summed E-state index contributed by atoms with van der Waals surface area (Å²) >= 11 is 1.64. The molecule has 3 aromatic rings. The number of benzene rings is 1. The molecule has 0 bridgehead atoms. The first kappa shape index (κ1) is 19.6. The van der Waals surface area contributed by atoms with E-state index in [1.807, 2.05) is 47.8 Å². The number of nitrogens with one attached hydrogen (secondary N) is 1. The highest BCUT2D eigenvalue weighted by Gasteiger charge is 2.13. The van der Waals surface area contributed by atoms with Gasteiger partial charge < -0.3 is 5.32 Å². The van der Waals surface area contributed by atoms with Crippen LogP contribution in [0.15, 0.2) is 47.8 Å². The number of rotatable bonds is 10. The molecule has 0 fully saturated rings. The lowest BCUT2D eigenvalue weighted by atomic mass is 10.1. The van der Waals surface area contributed by atoms with Crippen LogP contribution in [0, 0.1) is 0 Å². The first-order valence-corrected chi connectivity index (χ1v) is 10.9. The van der Waals surface area contributed by atoms with Crippen LogP contribution in [0.25, 0.3) is 21.5 Å². The maximum atomic E-state index is 12.8. The molecule has 2 heterocycles. The number of fused-ring (bicyclic) bond motifs is 1. The van der Waals surface area contributed by atoms with Gasteiger partial charge in [-0.1, -0.05) is 69.7 Å². The van der Waals surface area contributed by atoms with Crippen molar-refractivity contribution in [2.75, 3.05) is 6.54 Å². The van der Waals surface area contributed by atoms with Crippen molar-refractivity contribution in [1.29, 1.82) is 0 Å². The molecular weight excluding hydrogens is 352 g/mol. The van der Waals surface area contributed by atoms with E-state index in [0.717, 1.165) is 34.4 Å². The van der Waals surface area contributed by atoms with E-state index in [1.165, 1.54) is 38.5 Å². The Bertz CT molecular complexity index is 858. The van der Waals surface area contributed by atoms with Crippen LogP contribution < -0.4 is 5.32 Å².